The van der Waals surface area contributed by atoms with Crippen molar-refractivity contribution in [2.75, 3.05) is 26.2 Å². The van der Waals surface area contributed by atoms with Crippen molar-refractivity contribution in [2.45, 2.75) is 31.3 Å². The summed E-state index contributed by atoms with van der Waals surface area (Å²) in [5.74, 6) is -0.0842. The van der Waals surface area contributed by atoms with E-state index in [1.807, 2.05) is 37.3 Å². The van der Waals surface area contributed by atoms with Crippen molar-refractivity contribution in [3.63, 3.8) is 0 Å². The first-order valence-electron chi connectivity index (χ1n) is 9.48. The highest BCUT2D eigenvalue weighted by atomic mass is 79.9. The molecule has 1 aliphatic rings. The summed E-state index contributed by atoms with van der Waals surface area (Å²) < 4.78 is 34.5. The second kappa shape index (κ2) is 9.38. The quantitative estimate of drug-likeness (QED) is 0.687. The zero-order valence-electron chi connectivity index (χ0n) is 16.5. The van der Waals surface area contributed by atoms with Gasteiger partial charge in [-0.05, 0) is 48.7 Å². The molecule has 2 aromatic rings. The summed E-state index contributed by atoms with van der Waals surface area (Å²) in [5, 5.41) is 0. The van der Waals surface area contributed by atoms with Gasteiger partial charge in [0.2, 0.25) is 15.9 Å². The number of hydrogen-bond acceptors (Lipinski definition) is 4. The molecule has 0 saturated carbocycles. The number of nitrogens with zero attached hydrogens (tertiary/aromatic N) is 1. The summed E-state index contributed by atoms with van der Waals surface area (Å²) >= 11 is 3.41. The number of halogens is 1. The van der Waals surface area contributed by atoms with Gasteiger partial charge in [0, 0.05) is 24.0 Å². The van der Waals surface area contributed by atoms with E-state index in [9.17, 15) is 13.2 Å². The van der Waals surface area contributed by atoms with E-state index in [4.69, 9.17) is 4.74 Å². The Hall–Kier alpha value is -1.74. The third-order valence-electron chi connectivity index (χ3n) is 4.93. The first kappa shape index (κ1) is 22.0. The van der Waals surface area contributed by atoms with Crippen LogP contribution < -0.4 is 4.72 Å². The van der Waals surface area contributed by atoms with E-state index in [2.05, 4.69) is 20.7 Å². The second-order valence-electron chi connectivity index (χ2n) is 7.17. The maximum atomic E-state index is 12.6. The maximum absolute atomic E-state index is 12.6. The van der Waals surface area contributed by atoms with E-state index in [1.165, 1.54) is 0 Å². The van der Waals surface area contributed by atoms with Gasteiger partial charge in [0.05, 0.1) is 18.0 Å². The maximum Gasteiger partial charge on any atom is 0.240 e. The number of carbonyl (C=O) groups excluding carboxylic acids is 1. The van der Waals surface area contributed by atoms with Crippen molar-refractivity contribution in [1.82, 2.24) is 9.62 Å². The normalized spacial score (nSPS) is 17.3. The Morgan fingerprint density at radius 1 is 1.21 bits per heavy atom. The van der Waals surface area contributed by atoms with E-state index in [0.717, 1.165) is 15.6 Å². The topological polar surface area (TPSA) is 75.7 Å². The van der Waals surface area contributed by atoms with Gasteiger partial charge in [-0.2, -0.15) is 0 Å². The molecule has 0 bridgehead atoms. The number of aryl methyl sites for hydroxylation is 2. The third-order valence-corrected chi connectivity index (χ3v) is 7.06. The van der Waals surface area contributed by atoms with Gasteiger partial charge in [0.25, 0.3) is 0 Å². The van der Waals surface area contributed by atoms with Gasteiger partial charge in [-0.1, -0.05) is 40.2 Å². The van der Waals surface area contributed by atoms with Crippen LogP contribution in [0.25, 0.3) is 0 Å². The SMILES string of the molecule is Cc1ccc(C)c(S(=O)(=O)NCCC(=O)N2CCOC(c3ccc(Br)cc3)C2)c1. The van der Waals surface area contributed by atoms with Gasteiger partial charge in [0.1, 0.15) is 6.10 Å². The van der Waals surface area contributed by atoms with Gasteiger partial charge in [-0.25, -0.2) is 13.1 Å². The fraction of sp³-hybridized carbons (Fsp3) is 0.381. The number of hydrogen-bond donors (Lipinski definition) is 1. The summed E-state index contributed by atoms with van der Waals surface area (Å²) in [4.78, 5) is 14.6. The number of benzene rings is 2. The Labute approximate surface area is 180 Å². The lowest BCUT2D eigenvalue weighted by Gasteiger charge is -2.33. The highest BCUT2D eigenvalue weighted by molar-refractivity contribution is 9.10. The molecule has 3 rings (SSSR count). The van der Waals surface area contributed by atoms with Gasteiger partial charge < -0.3 is 9.64 Å². The van der Waals surface area contributed by atoms with Crippen LogP contribution >= 0.6 is 15.9 Å². The summed E-state index contributed by atoms with van der Waals surface area (Å²) in [6.45, 7) is 5.10. The molecule has 1 unspecified atom stereocenters. The number of rotatable bonds is 6. The van der Waals surface area contributed by atoms with Gasteiger partial charge >= 0.3 is 0 Å². The monoisotopic (exact) mass is 480 g/mol. The van der Waals surface area contributed by atoms with Crippen molar-refractivity contribution in [3.8, 4) is 0 Å². The lowest BCUT2D eigenvalue weighted by molar-refractivity contribution is -0.138. The molecule has 1 amide bonds. The molecule has 29 heavy (non-hydrogen) atoms. The van der Waals surface area contributed by atoms with Crippen molar-refractivity contribution in [1.29, 1.82) is 0 Å². The van der Waals surface area contributed by atoms with Crippen molar-refractivity contribution >= 4 is 31.9 Å². The Bertz CT molecular complexity index is 977. The molecule has 0 radical (unpaired) electrons. The average molecular weight is 481 g/mol. The Balaban J connectivity index is 1.56. The first-order chi connectivity index (χ1) is 13.8. The molecular weight excluding hydrogens is 456 g/mol. The van der Waals surface area contributed by atoms with Crippen molar-refractivity contribution in [2.24, 2.45) is 0 Å². The molecule has 0 aromatic heterocycles. The number of morpholine rings is 1. The number of ether oxygens (including phenoxy) is 1. The fourth-order valence-corrected chi connectivity index (χ4v) is 4.90. The molecule has 0 spiro atoms. The second-order valence-corrected chi connectivity index (χ2v) is 9.82. The Morgan fingerprint density at radius 2 is 1.93 bits per heavy atom. The van der Waals surface area contributed by atoms with E-state index in [0.29, 0.717) is 25.3 Å². The summed E-state index contributed by atoms with van der Waals surface area (Å²) in [7, 11) is -3.65. The predicted octanol–water partition coefficient (Wildman–Crippen LogP) is 3.33. The summed E-state index contributed by atoms with van der Waals surface area (Å²) in [5.41, 5.74) is 2.57. The van der Waals surface area contributed by atoms with Crippen LogP contribution in [0.15, 0.2) is 51.8 Å². The summed E-state index contributed by atoms with van der Waals surface area (Å²) in [6, 6.07) is 13.1. The number of amides is 1. The minimum atomic E-state index is -3.65. The van der Waals surface area contributed by atoms with E-state index in [-0.39, 0.29) is 29.9 Å². The van der Waals surface area contributed by atoms with Crippen LogP contribution in [-0.4, -0.2) is 45.5 Å². The molecule has 1 heterocycles. The molecule has 1 N–H and O–H groups in total. The molecule has 0 aliphatic carbocycles. The third kappa shape index (κ3) is 5.66. The van der Waals surface area contributed by atoms with Crippen LogP contribution in [0.2, 0.25) is 0 Å². The molecule has 1 saturated heterocycles. The molecular formula is C21H25BrN2O4S. The lowest BCUT2D eigenvalue weighted by Crippen LogP contribution is -2.43. The van der Waals surface area contributed by atoms with Crippen LogP contribution in [0.1, 0.15) is 29.2 Å². The van der Waals surface area contributed by atoms with Gasteiger partial charge in [-0.15, -0.1) is 0 Å². The molecule has 156 valence electrons. The minimum absolute atomic E-state index is 0.0643. The van der Waals surface area contributed by atoms with Crippen LogP contribution in [-0.2, 0) is 19.6 Å². The number of carbonyl (C=O) groups is 1. The first-order valence-corrected chi connectivity index (χ1v) is 11.8. The molecule has 6 nitrogen and oxygen atoms in total. The lowest BCUT2D eigenvalue weighted by atomic mass is 10.1. The highest BCUT2D eigenvalue weighted by Crippen LogP contribution is 2.24. The molecule has 1 aliphatic heterocycles. The Morgan fingerprint density at radius 3 is 2.66 bits per heavy atom. The number of sulfonamides is 1. The van der Waals surface area contributed by atoms with Gasteiger partial charge in [-0.3, -0.25) is 4.79 Å². The standard InChI is InChI=1S/C21H25BrN2O4S/c1-15-3-4-16(2)20(13-15)29(26,27)23-10-9-21(25)24-11-12-28-19(14-24)17-5-7-18(22)8-6-17/h3-8,13,19,23H,9-12,14H2,1-2H3. The average Bonchev–Trinajstić information content (AvgIpc) is 2.70. The largest absolute Gasteiger partial charge is 0.370 e. The zero-order valence-corrected chi connectivity index (χ0v) is 18.9. The Kier molecular flexibility index (Phi) is 7.10. The van der Waals surface area contributed by atoms with Crippen molar-refractivity contribution in [3.05, 3.63) is 63.6 Å². The highest BCUT2D eigenvalue weighted by Gasteiger charge is 2.25. The molecule has 1 fully saturated rings. The summed E-state index contributed by atoms with van der Waals surface area (Å²) in [6.07, 6.45) is -0.0654. The van der Waals surface area contributed by atoms with E-state index in [1.54, 1.807) is 24.0 Å². The molecule has 2 aromatic carbocycles. The smallest absolute Gasteiger partial charge is 0.240 e. The van der Waals surface area contributed by atoms with Crippen molar-refractivity contribution < 1.29 is 17.9 Å². The predicted molar refractivity (Wildman–Crippen MR) is 115 cm³/mol. The van der Waals surface area contributed by atoms with E-state index < -0.39 is 10.0 Å². The number of nitrogens with one attached hydrogen (secondary N) is 1. The molecule has 8 heteroatoms. The van der Waals surface area contributed by atoms with Crippen LogP contribution in [0.5, 0.6) is 0 Å². The van der Waals surface area contributed by atoms with Crippen LogP contribution in [0, 0.1) is 13.8 Å². The minimum Gasteiger partial charge on any atom is -0.370 e. The van der Waals surface area contributed by atoms with Crippen LogP contribution in [0.4, 0.5) is 0 Å². The zero-order chi connectivity index (χ0) is 21.0. The molecule has 1 atom stereocenters. The van der Waals surface area contributed by atoms with Crippen LogP contribution in [0.3, 0.4) is 0 Å². The van der Waals surface area contributed by atoms with E-state index >= 15 is 0 Å². The fourth-order valence-electron chi connectivity index (χ4n) is 3.28. The van der Waals surface area contributed by atoms with Gasteiger partial charge in [0.15, 0.2) is 0 Å².